The van der Waals surface area contributed by atoms with Crippen LogP contribution < -0.4 is 4.43 Å². The highest BCUT2D eigenvalue weighted by Gasteiger charge is 2.20. The van der Waals surface area contributed by atoms with Gasteiger partial charge in [0.25, 0.3) is 0 Å². The van der Waals surface area contributed by atoms with Gasteiger partial charge in [-0.15, -0.1) is 0 Å². The fourth-order valence-electron chi connectivity index (χ4n) is 1.79. The Morgan fingerprint density at radius 1 is 1.06 bits per heavy atom. The van der Waals surface area contributed by atoms with Crippen LogP contribution in [-0.2, 0) is 6.42 Å². The Bertz CT molecular complexity index is 549. The minimum Gasteiger partial charge on any atom is -0.530 e. The maximum Gasteiger partial charge on any atom is 0.244 e. The highest BCUT2D eigenvalue weighted by atomic mass is 28.4. The van der Waals surface area contributed by atoms with Crippen molar-refractivity contribution in [3.05, 3.63) is 30.0 Å². The van der Waals surface area contributed by atoms with Crippen LogP contribution in [0, 0.1) is 0 Å². The normalized spacial score (nSPS) is 11.8. The number of benzene rings is 1. The first-order chi connectivity index (χ1) is 8.49. The minimum atomic E-state index is -1.65. The lowest BCUT2D eigenvalue weighted by molar-refractivity contribution is 0.522. The molecular formula is C14H20N2OSi. The van der Waals surface area contributed by atoms with Crippen LogP contribution in [0.4, 0.5) is 0 Å². The number of aryl methyl sites for hydroxylation is 1. The van der Waals surface area contributed by atoms with Crippen molar-refractivity contribution in [1.82, 2.24) is 9.97 Å². The number of nitrogens with zero attached hydrogens (tertiary/aromatic N) is 2. The summed E-state index contributed by atoms with van der Waals surface area (Å²) in [5.74, 6) is 0.731. The van der Waals surface area contributed by atoms with E-state index in [9.17, 15) is 0 Å². The zero-order chi connectivity index (χ0) is 13.2. The highest BCUT2D eigenvalue weighted by Crippen LogP contribution is 2.22. The molecule has 3 nitrogen and oxygen atoms in total. The molecule has 2 aromatic rings. The highest BCUT2D eigenvalue weighted by molar-refractivity contribution is 6.70. The monoisotopic (exact) mass is 260 g/mol. The summed E-state index contributed by atoms with van der Waals surface area (Å²) in [5.41, 5.74) is 2.84. The van der Waals surface area contributed by atoms with Gasteiger partial charge in [0, 0.05) is 0 Å². The first-order valence-corrected chi connectivity index (χ1v) is 9.85. The first kappa shape index (κ1) is 13.0. The van der Waals surface area contributed by atoms with Gasteiger partial charge in [-0.05, 0) is 38.2 Å². The van der Waals surface area contributed by atoms with Crippen molar-refractivity contribution in [3.63, 3.8) is 0 Å². The van der Waals surface area contributed by atoms with Gasteiger partial charge in [-0.2, -0.15) is 0 Å². The van der Waals surface area contributed by atoms with E-state index >= 15 is 0 Å². The molecule has 0 radical (unpaired) electrons. The van der Waals surface area contributed by atoms with Gasteiger partial charge >= 0.3 is 0 Å². The molecule has 4 heteroatoms. The lowest BCUT2D eigenvalue weighted by Crippen LogP contribution is -2.30. The van der Waals surface area contributed by atoms with Crippen molar-refractivity contribution >= 4 is 19.4 Å². The number of rotatable bonds is 4. The van der Waals surface area contributed by atoms with E-state index in [1.165, 1.54) is 0 Å². The van der Waals surface area contributed by atoms with Crippen molar-refractivity contribution in [2.75, 3.05) is 0 Å². The maximum atomic E-state index is 6.06. The molecule has 0 saturated heterocycles. The molecule has 1 aromatic heterocycles. The molecule has 0 spiro atoms. The maximum absolute atomic E-state index is 6.06. The van der Waals surface area contributed by atoms with Crippen LogP contribution in [0.3, 0.4) is 0 Å². The average molecular weight is 260 g/mol. The van der Waals surface area contributed by atoms with Crippen molar-refractivity contribution in [1.29, 1.82) is 0 Å². The molecule has 0 aliphatic carbocycles. The predicted molar refractivity (Wildman–Crippen MR) is 77.5 cm³/mol. The molecule has 0 atom stereocenters. The SMILES string of the molecule is CCCc1nc2ccccc2nc1O[Si](C)(C)C. The predicted octanol–water partition coefficient (Wildman–Crippen LogP) is 3.80. The summed E-state index contributed by atoms with van der Waals surface area (Å²) in [5, 5.41) is 0. The molecule has 0 unspecified atom stereocenters. The summed E-state index contributed by atoms with van der Waals surface area (Å²) in [6.45, 7) is 8.65. The molecule has 2 rings (SSSR count). The van der Waals surface area contributed by atoms with Gasteiger partial charge in [0.2, 0.25) is 14.2 Å². The van der Waals surface area contributed by atoms with Crippen LogP contribution in [0.15, 0.2) is 24.3 Å². The third-order valence-electron chi connectivity index (χ3n) is 2.50. The number of para-hydroxylation sites is 2. The van der Waals surface area contributed by atoms with Gasteiger partial charge in [-0.1, -0.05) is 25.5 Å². The number of hydrogen-bond acceptors (Lipinski definition) is 3. The van der Waals surface area contributed by atoms with E-state index in [0.29, 0.717) is 0 Å². The third-order valence-corrected chi connectivity index (χ3v) is 3.30. The van der Waals surface area contributed by atoms with Crippen molar-refractivity contribution in [2.45, 2.75) is 39.4 Å². The van der Waals surface area contributed by atoms with E-state index in [0.717, 1.165) is 35.4 Å². The van der Waals surface area contributed by atoms with Gasteiger partial charge in [-0.25, -0.2) is 9.97 Å². The lowest BCUT2D eigenvalue weighted by atomic mass is 10.2. The zero-order valence-electron chi connectivity index (χ0n) is 11.5. The second kappa shape index (κ2) is 5.06. The minimum absolute atomic E-state index is 0.731. The molecule has 0 saturated carbocycles. The molecule has 1 heterocycles. The molecule has 0 bridgehead atoms. The Kier molecular flexibility index (Phi) is 3.66. The van der Waals surface area contributed by atoms with Crippen molar-refractivity contribution in [2.24, 2.45) is 0 Å². The topological polar surface area (TPSA) is 35.0 Å². The van der Waals surface area contributed by atoms with E-state index in [1.54, 1.807) is 0 Å². The smallest absolute Gasteiger partial charge is 0.244 e. The van der Waals surface area contributed by atoms with Crippen LogP contribution in [-0.4, -0.2) is 18.3 Å². The molecule has 0 amide bonds. The van der Waals surface area contributed by atoms with Crippen LogP contribution in [0.1, 0.15) is 19.0 Å². The molecule has 1 aromatic carbocycles. The summed E-state index contributed by atoms with van der Waals surface area (Å²) in [4.78, 5) is 9.31. The molecular weight excluding hydrogens is 240 g/mol. The first-order valence-electron chi connectivity index (χ1n) is 6.44. The Labute approximate surface area is 109 Å². The molecule has 96 valence electrons. The van der Waals surface area contributed by atoms with Crippen molar-refractivity contribution < 1.29 is 4.43 Å². The Morgan fingerprint density at radius 2 is 1.67 bits per heavy atom. The standard InChI is InChI=1S/C14H20N2OSi/c1-5-8-13-14(17-18(2,3)4)16-12-10-7-6-9-11(12)15-13/h6-7,9-10H,5,8H2,1-4H3. The number of aromatic nitrogens is 2. The summed E-state index contributed by atoms with van der Waals surface area (Å²) >= 11 is 0. The summed E-state index contributed by atoms with van der Waals surface area (Å²) in [6, 6.07) is 7.95. The Hall–Kier alpha value is -1.42. The van der Waals surface area contributed by atoms with Crippen LogP contribution in [0.2, 0.25) is 19.6 Å². The third kappa shape index (κ3) is 3.07. The largest absolute Gasteiger partial charge is 0.530 e. The zero-order valence-corrected chi connectivity index (χ0v) is 12.5. The van der Waals surface area contributed by atoms with E-state index in [4.69, 9.17) is 4.43 Å². The number of fused-ring (bicyclic) bond motifs is 1. The molecule has 0 aliphatic heterocycles. The van der Waals surface area contributed by atoms with Gasteiger partial charge in [-0.3, -0.25) is 0 Å². The second-order valence-corrected chi connectivity index (χ2v) is 9.86. The molecule has 0 N–H and O–H groups in total. The second-order valence-electron chi connectivity index (χ2n) is 5.43. The molecule has 18 heavy (non-hydrogen) atoms. The van der Waals surface area contributed by atoms with Crippen LogP contribution >= 0.6 is 0 Å². The Balaban J connectivity index is 2.50. The van der Waals surface area contributed by atoms with E-state index < -0.39 is 8.32 Å². The Morgan fingerprint density at radius 3 is 2.22 bits per heavy atom. The van der Waals surface area contributed by atoms with Gasteiger partial charge in [0.05, 0.1) is 11.0 Å². The van der Waals surface area contributed by atoms with Crippen molar-refractivity contribution in [3.8, 4) is 5.88 Å². The fourth-order valence-corrected chi connectivity index (χ4v) is 2.54. The van der Waals surface area contributed by atoms with E-state index in [2.05, 4.69) is 36.5 Å². The summed E-state index contributed by atoms with van der Waals surface area (Å²) < 4.78 is 6.06. The number of hydrogen-bond donors (Lipinski definition) is 0. The van der Waals surface area contributed by atoms with Crippen LogP contribution in [0.5, 0.6) is 5.88 Å². The van der Waals surface area contributed by atoms with Gasteiger partial charge in [0.1, 0.15) is 5.69 Å². The summed E-state index contributed by atoms with van der Waals surface area (Å²) in [7, 11) is -1.65. The van der Waals surface area contributed by atoms with Gasteiger partial charge < -0.3 is 4.43 Å². The molecule has 0 aliphatic rings. The van der Waals surface area contributed by atoms with E-state index in [1.807, 2.05) is 24.3 Å². The van der Waals surface area contributed by atoms with E-state index in [-0.39, 0.29) is 0 Å². The average Bonchev–Trinajstić information content (AvgIpc) is 2.28. The lowest BCUT2D eigenvalue weighted by Gasteiger charge is -2.20. The quantitative estimate of drug-likeness (QED) is 0.784. The summed E-state index contributed by atoms with van der Waals surface area (Å²) in [6.07, 6.45) is 1.97. The van der Waals surface area contributed by atoms with Gasteiger partial charge in [0.15, 0.2) is 0 Å². The molecule has 0 fully saturated rings. The van der Waals surface area contributed by atoms with Crippen LogP contribution in [0.25, 0.3) is 11.0 Å². The fraction of sp³-hybridized carbons (Fsp3) is 0.429.